The summed E-state index contributed by atoms with van der Waals surface area (Å²) in [6.07, 6.45) is 2.89. The predicted molar refractivity (Wildman–Crippen MR) is 52.2 cm³/mol. The van der Waals surface area contributed by atoms with E-state index in [0.29, 0.717) is 6.04 Å². The molecule has 0 saturated carbocycles. The van der Waals surface area contributed by atoms with Gasteiger partial charge in [0.1, 0.15) is 0 Å². The number of pyridine rings is 1. The quantitative estimate of drug-likeness (QED) is 0.689. The molecular weight excluding hydrogens is 162 g/mol. The third-order valence-electron chi connectivity index (χ3n) is 2.69. The number of rotatable bonds is 1. The number of nitrogens with two attached hydrogens (primary N) is 1. The van der Waals surface area contributed by atoms with Gasteiger partial charge in [-0.2, -0.15) is 0 Å². The fourth-order valence-electron chi connectivity index (χ4n) is 1.97. The minimum Gasteiger partial charge on any atom is -0.326 e. The first kappa shape index (κ1) is 8.66. The molecule has 2 heterocycles. The Balaban J connectivity index is 2.25. The molecular formula is C10H15N3. The van der Waals surface area contributed by atoms with E-state index in [0.717, 1.165) is 18.7 Å². The molecule has 1 fully saturated rings. The number of nitrogens with zero attached hydrogens (tertiary/aromatic N) is 2. The van der Waals surface area contributed by atoms with Crippen LogP contribution < -0.4 is 5.73 Å². The molecule has 2 unspecified atom stereocenters. The lowest BCUT2D eigenvalue weighted by Crippen LogP contribution is -2.30. The van der Waals surface area contributed by atoms with Crippen LogP contribution in [0, 0.1) is 0 Å². The third-order valence-corrected chi connectivity index (χ3v) is 2.69. The van der Waals surface area contributed by atoms with Crippen LogP contribution in [0.1, 0.15) is 18.2 Å². The molecule has 2 atom stereocenters. The third kappa shape index (κ3) is 1.57. The average molecular weight is 177 g/mol. The highest BCUT2D eigenvalue weighted by atomic mass is 15.2. The van der Waals surface area contributed by atoms with Crippen LogP contribution in [0.4, 0.5) is 0 Å². The standard InChI is InChI=1S/C10H15N3/c1-13-7-5-8(11)10(13)9-4-2-3-6-12-9/h2-4,6,8,10H,5,7,11H2,1H3. The Morgan fingerprint density at radius 1 is 1.54 bits per heavy atom. The molecule has 1 aliphatic rings. The zero-order valence-corrected chi connectivity index (χ0v) is 7.85. The SMILES string of the molecule is CN1CCC(N)C1c1ccccn1. The molecule has 1 aromatic heterocycles. The van der Waals surface area contributed by atoms with Gasteiger partial charge in [-0.1, -0.05) is 6.07 Å². The Morgan fingerprint density at radius 3 is 2.92 bits per heavy atom. The summed E-state index contributed by atoms with van der Waals surface area (Å²) in [5.41, 5.74) is 7.11. The van der Waals surface area contributed by atoms with Crippen molar-refractivity contribution in [3.63, 3.8) is 0 Å². The van der Waals surface area contributed by atoms with Gasteiger partial charge in [0.25, 0.3) is 0 Å². The van der Waals surface area contributed by atoms with Crippen molar-refractivity contribution in [2.45, 2.75) is 18.5 Å². The van der Waals surface area contributed by atoms with E-state index >= 15 is 0 Å². The first-order valence-electron chi connectivity index (χ1n) is 4.66. The molecule has 13 heavy (non-hydrogen) atoms. The maximum atomic E-state index is 6.02. The molecule has 3 nitrogen and oxygen atoms in total. The Kier molecular flexibility index (Phi) is 2.29. The van der Waals surface area contributed by atoms with Crippen LogP contribution >= 0.6 is 0 Å². The zero-order valence-electron chi connectivity index (χ0n) is 7.85. The largest absolute Gasteiger partial charge is 0.326 e. The summed E-state index contributed by atoms with van der Waals surface area (Å²) in [4.78, 5) is 6.61. The second-order valence-corrected chi connectivity index (χ2v) is 3.63. The van der Waals surface area contributed by atoms with Gasteiger partial charge in [0.05, 0.1) is 11.7 Å². The Bertz CT molecular complexity index is 263. The van der Waals surface area contributed by atoms with Crippen molar-refractivity contribution >= 4 is 0 Å². The van der Waals surface area contributed by atoms with Gasteiger partial charge in [0.2, 0.25) is 0 Å². The minimum atomic E-state index is 0.236. The summed E-state index contributed by atoms with van der Waals surface area (Å²) in [5.74, 6) is 0. The van der Waals surface area contributed by atoms with Crippen molar-refractivity contribution in [2.75, 3.05) is 13.6 Å². The van der Waals surface area contributed by atoms with Crippen molar-refractivity contribution in [1.82, 2.24) is 9.88 Å². The lowest BCUT2D eigenvalue weighted by Gasteiger charge is -2.21. The maximum absolute atomic E-state index is 6.02. The van der Waals surface area contributed by atoms with Crippen LogP contribution in [-0.2, 0) is 0 Å². The van der Waals surface area contributed by atoms with Crippen LogP contribution in [0.5, 0.6) is 0 Å². The molecule has 1 aliphatic heterocycles. The number of aromatic nitrogens is 1. The van der Waals surface area contributed by atoms with E-state index < -0.39 is 0 Å². The second kappa shape index (κ2) is 3.44. The van der Waals surface area contributed by atoms with E-state index in [2.05, 4.69) is 16.9 Å². The van der Waals surface area contributed by atoms with Gasteiger partial charge in [-0.25, -0.2) is 0 Å². The first-order chi connectivity index (χ1) is 6.29. The molecule has 1 aromatic rings. The molecule has 3 heteroatoms. The molecule has 2 rings (SSSR count). The highest BCUT2D eigenvalue weighted by molar-refractivity contribution is 5.13. The van der Waals surface area contributed by atoms with Crippen LogP contribution in [0.25, 0.3) is 0 Å². The van der Waals surface area contributed by atoms with Crippen molar-refractivity contribution in [3.05, 3.63) is 30.1 Å². The summed E-state index contributed by atoms with van der Waals surface area (Å²) in [5, 5.41) is 0. The van der Waals surface area contributed by atoms with Crippen LogP contribution in [0.2, 0.25) is 0 Å². The smallest absolute Gasteiger partial charge is 0.0671 e. The Hall–Kier alpha value is -0.930. The van der Waals surface area contributed by atoms with E-state index in [4.69, 9.17) is 5.73 Å². The Labute approximate surface area is 78.6 Å². The number of hydrogen-bond acceptors (Lipinski definition) is 3. The molecule has 0 radical (unpaired) electrons. The number of likely N-dealkylation sites (N-methyl/N-ethyl adjacent to an activating group) is 1. The second-order valence-electron chi connectivity index (χ2n) is 3.63. The van der Waals surface area contributed by atoms with Gasteiger partial charge in [-0.15, -0.1) is 0 Å². The highest BCUT2D eigenvalue weighted by Crippen LogP contribution is 2.27. The van der Waals surface area contributed by atoms with Crippen molar-refractivity contribution in [3.8, 4) is 0 Å². The molecule has 70 valence electrons. The van der Waals surface area contributed by atoms with Crippen molar-refractivity contribution in [1.29, 1.82) is 0 Å². The molecule has 0 bridgehead atoms. The predicted octanol–water partition coefficient (Wildman–Crippen LogP) is 0.785. The average Bonchev–Trinajstić information content (AvgIpc) is 2.48. The Morgan fingerprint density at radius 2 is 2.38 bits per heavy atom. The fraction of sp³-hybridized carbons (Fsp3) is 0.500. The van der Waals surface area contributed by atoms with Gasteiger partial charge in [0, 0.05) is 18.8 Å². The van der Waals surface area contributed by atoms with Crippen molar-refractivity contribution in [2.24, 2.45) is 5.73 Å². The minimum absolute atomic E-state index is 0.236. The van der Waals surface area contributed by atoms with E-state index in [1.807, 2.05) is 24.4 Å². The maximum Gasteiger partial charge on any atom is 0.0671 e. The highest BCUT2D eigenvalue weighted by Gasteiger charge is 2.30. The summed E-state index contributed by atoms with van der Waals surface area (Å²) in [6.45, 7) is 1.07. The van der Waals surface area contributed by atoms with Gasteiger partial charge in [-0.3, -0.25) is 9.88 Å². The molecule has 0 aliphatic carbocycles. The van der Waals surface area contributed by atoms with Gasteiger partial charge in [-0.05, 0) is 25.6 Å². The summed E-state index contributed by atoms with van der Waals surface area (Å²) >= 11 is 0. The number of hydrogen-bond donors (Lipinski definition) is 1. The molecule has 0 amide bonds. The summed E-state index contributed by atoms with van der Waals surface area (Å²) < 4.78 is 0. The normalized spacial score (nSPS) is 29.4. The van der Waals surface area contributed by atoms with Gasteiger partial charge >= 0.3 is 0 Å². The monoisotopic (exact) mass is 177 g/mol. The van der Waals surface area contributed by atoms with E-state index in [1.54, 1.807) is 0 Å². The molecule has 1 saturated heterocycles. The molecule has 0 spiro atoms. The summed E-state index contributed by atoms with van der Waals surface area (Å²) in [6, 6.07) is 6.54. The number of likely N-dealkylation sites (tertiary alicyclic amines) is 1. The topological polar surface area (TPSA) is 42.1 Å². The van der Waals surface area contributed by atoms with Crippen LogP contribution in [-0.4, -0.2) is 29.5 Å². The van der Waals surface area contributed by atoms with Crippen molar-refractivity contribution < 1.29 is 0 Å². The fourth-order valence-corrected chi connectivity index (χ4v) is 1.97. The van der Waals surface area contributed by atoms with Crippen LogP contribution in [0.3, 0.4) is 0 Å². The van der Waals surface area contributed by atoms with Gasteiger partial charge < -0.3 is 5.73 Å². The molecule has 2 N–H and O–H groups in total. The van der Waals surface area contributed by atoms with Gasteiger partial charge in [0.15, 0.2) is 0 Å². The van der Waals surface area contributed by atoms with E-state index in [1.165, 1.54) is 0 Å². The molecule has 0 aromatic carbocycles. The lowest BCUT2D eigenvalue weighted by molar-refractivity contribution is 0.298. The van der Waals surface area contributed by atoms with Crippen LogP contribution in [0.15, 0.2) is 24.4 Å². The van der Waals surface area contributed by atoms with E-state index in [9.17, 15) is 0 Å². The zero-order chi connectivity index (χ0) is 9.26. The lowest BCUT2D eigenvalue weighted by atomic mass is 10.1. The first-order valence-corrected chi connectivity index (χ1v) is 4.66. The van der Waals surface area contributed by atoms with E-state index in [-0.39, 0.29) is 6.04 Å². The summed E-state index contributed by atoms with van der Waals surface area (Å²) in [7, 11) is 2.10.